The van der Waals surface area contributed by atoms with Gasteiger partial charge in [0.05, 0.1) is 24.1 Å². The highest BCUT2D eigenvalue weighted by Gasteiger charge is 2.16. The van der Waals surface area contributed by atoms with Crippen molar-refractivity contribution in [2.24, 2.45) is 0 Å². The summed E-state index contributed by atoms with van der Waals surface area (Å²) in [7, 11) is 0. The molecule has 2 aromatic heterocycles. The van der Waals surface area contributed by atoms with Crippen LogP contribution in [0.3, 0.4) is 0 Å². The summed E-state index contributed by atoms with van der Waals surface area (Å²) < 4.78 is 5.97. The summed E-state index contributed by atoms with van der Waals surface area (Å²) in [6, 6.07) is 9.28. The van der Waals surface area contributed by atoms with Crippen molar-refractivity contribution < 1.29 is 9.53 Å². The van der Waals surface area contributed by atoms with Gasteiger partial charge in [0.25, 0.3) is 0 Å². The molecule has 0 fully saturated rings. The third kappa shape index (κ3) is 6.23. The molecule has 2 aromatic rings. The van der Waals surface area contributed by atoms with Crippen molar-refractivity contribution in [2.75, 3.05) is 10.6 Å². The van der Waals surface area contributed by atoms with E-state index in [0.717, 1.165) is 16.0 Å². The van der Waals surface area contributed by atoms with Crippen LogP contribution in [0.5, 0.6) is 0 Å². The molecular weight excluding hydrogens is 360 g/mol. The minimum Gasteiger partial charge on any atom is -0.444 e. The Kier molecular flexibility index (Phi) is 5.54. The lowest BCUT2D eigenvalue weighted by atomic mass is 10.2. The molecule has 0 aromatic carbocycles. The average Bonchev–Trinajstić information content (AvgIpc) is 2.44. The van der Waals surface area contributed by atoms with Crippen LogP contribution >= 0.6 is 15.9 Å². The number of nitrogens with one attached hydrogen (secondary N) is 2. The lowest BCUT2D eigenvalue weighted by Gasteiger charge is -2.19. The third-order valence-electron chi connectivity index (χ3n) is 2.64. The van der Waals surface area contributed by atoms with E-state index in [9.17, 15) is 4.79 Å². The fourth-order valence-corrected chi connectivity index (χ4v) is 2.10. The van der Waals surface area contributed by atoms with E-state index in [2.05, 4.69) is 36.5 Å². The first-order valence-corrected chi connectivity index (χ1v) is 7.92. The van der Waals surface area contributed by atoms with Crippen molar-refractivity contribution in [3.05, 3.63) is 46.8 Å². The zero-order valence-electron chi connectivity index (χ0n) is 13.3. The summed E-state index contributed by atoms with van der Waals surface area (Å²) in [5, 5.41) is 5.81. The summed E-state index contributed by atoms with van der Waals surface area (Å²) in [5.74, 6) is 0.436. The van der Waals surface area contributed by atoms with Gasteiger partial charge in [0.1, 0.15) is 16.0 Å². The van der Waals surface area contributed by atoms with Crippen LogP contribution in [-0.2, 0) is 11.3 Å². The van der Waals surface area contributed by atoms with Crippen LogP contribution < -0.4 is 10.6 Å². The molecule has 2 N–H and O–H groups in total. The maximum atomic E-state index is 11.7. The fourth-order valence-electron chi connectivity index (χ4n) is 1.72. The van der Waals surface area contributed by atoms with E-state index in [1.807, 2.05) is 45.0 Å². The van der Waals surface area contributed by atoms with E-state index < -0.39 is 11.7 Å². The molecule has 0 aliphatic carbocycles. The normalized spacial score (nSPS) is 11.0. The van der Waals surface area contributed by atoms with Gasteiger partial charge in [-0.3, -0.25) is 5.32 Å². The number of rotatable bonds is 4. The molecule has 122 valence electrons. The van der Waals surface area contributed by atoms with Crippen LogP contribution in [0.1, 0.15) is 26.5 Å². The monoisotopic (exact) mass is 378 g/mol. The molecule has 0 aliphatic rings. The highest BCUT2D eigenvalue weighted by atomic mass is 79.9. The van der Waals surface area contributed by atoms with Gasteiger partial charge >= 0.3 is 6.09 Å². The Morgan fingerprint density at radius 2 is 2.04 bits per heavy atom. The average molecular weight is 379 g/mol. The topological polar surface area (TPSA) is 76.1 Å². The minimum absolute atomic E-state index is 0.436. The van der Waals surface area contributed by atoms with Crippen LogP contribution in [0.4, 0.5) is 16.3 Å². The van der Waals surface area contributed by atoms with Crippen molar-refractivity contribution in [3.8, 4) is 0 Å². The quantitative estimate of drug-likeness (QED) is 0.779. The summed E-state index contributed by atoms with van der Waals surface area (Å²) in [5.41, 5.74) is 1.21. The van der Waals surface area contributed by atoms with Crippen molar-refractivity contribution >= 4 is 33.5 Å². The number of halogens is 1. The molecule has 7 heteroatoms. The number of nitrogens with zero attached hydrogens (tertiary/aromatic N) is 2. The molecule has 0 spiro atoms. The molecule has 1 amide bonds. The van der Waals surface area contributed by atoms with Gasteiger partial charge in [-0.25, -0.2) is 14.8 Å². The van der Waals surface area contributed by atoms with Crippen molar-refractivity contribution in [1.29, 1.82) is 0 Å². The number of hydrogen-bond donors (Lipinski definition) is 2. The van der Waals surface area contributed by atoms with Gasteiger partial charge < -0.3 is 10.1 Å². The highest BCUT2D eigenvalue weighted by molar-refractivity contribution is 9.10. The lowest BCUT2D eigenvalue weighted by molar-refractivity contribution is 0.0635. The highest BCUT2D eigenvalue weighted by Crippen LogP contribution is 2.14. The fraction of sp³-hybridized carbons (Fsp3) is 0.312. The van der Waals surface area contributed by atoms with E-state index in [-0.39, 0.29) is 0 Å². The first kappa shape index (κ1) is 17.2. The van der Waals surface area contributed by atoms with Crippen LogP contribution in [0, 0.1) is 0 Å². The molecule has 6 nitrogen and oxygen atoms in total. The van der Waals surface area contributed by atoms with Gasteiger partial charge in [0.15, 0.2) is 0 Å². The first-order valence-electron chi connectivity index (χ1n) is 7.13. The molecule has 0 unspecified atom stereocenters. The van der Waals surface area contributed by atoms with Crippen molar-refractivity contribution in [2.45, 2.75) is 32.9 Å². The third-order valence-corrected chi connectivity index (χ3v) is 3.08. The molecule has 0 saturated heterocycles. The van der Waals surface area contributed by atoms with Gasteiger partial charge in [0, 0.05) is 0 Å². The summed E-state index contributed by atoms with van der Waals surface area (Å²) >= 11 is 3.34. The van der Waals surface area contributed by atoms with Crippen LogP contribution in [0.2, 0.25) is 0 Å². The van der Waals surface area contributed by atoms with Gasteiger partial charge in [0.2, 0.25) is 0 Å². The lowest BCUT2D eigenvalue weighted by Crippen LogP contribution is -2.27. The largest absolute Gasteiger partial charge is 0.444 e. The Hall–Kier alpha value is -2.15. The Bertz CT molecular complexity index is 669. The SMILES string of the molecule is CC(C)(C)OC(=O)Nc1ccc(NCc2cccc(Br)n2)cn1. The van der Waals surface area contributed by atoms with Crippen LogP contribution in [0.15, 0.2) is 41.1 Å². The zero-order chi connectivity index (χ0) is 16.9. The molecule has 2 heterocycles. The standard InChI is InChI=1S/C16H19BrN4O2/c1-16(2,3)23-15(22)21-14-8-7-11(9-19-14)18-10-12-5-4-6-13(17)20-12/h4-9,18H,10H2,1-3H3,(H,19,21,22). The second-order valence-electron chi connectivity index (χ2n) is 5.86. The predicted octanol–water partition coefficient (Wildman–Crippen LogP) is 4.20. The Morgan fingerprint density at radius 3 is 2.65 bits per heavy atom. The number of ether oxygens (including phenoxy) is 1. The van der Waals surface area contributed by atoms with E-state index in [1.54, 1.807) is 12.3 Å². The van der Waals surface area contributed by atoms with Crippen molar-refractivity contribution in [3.63, 3.8) is 0 Å². The zero-order valence-corrected chi connectivity index (χ0v) is 14.8. The second kappa shape index (κ2) is 7.41. The predicted molar refractivity (Wildman–Crippen MR) is 93.4 cm³/mol. The van der Waals surface area contributed by atoms with Crippen LogP contribution in [-0.4, -0.2) is 21.7 Å². The number of carbonyl (C=O) groups is 1. The van der Waals surface area contributed by atoms with Crippen LogP contribution in [0.25, 0.3) is 0 Å². The van der Waals surface area contributed by atoms with E-state index in [1.165, 1.54) is 0 Å². The van der Waals surface area contributed by atoms with E-state index in [0.29, 0.717) is 12.4 Å². The Labute approximate surface area is 143 Å². The molecule has 0 aliphatic heterocycles. The summed E-state index contributed by atoms with van der Waals surface area (Å²) in [4.78, 5) is 20.2. The maximum Gasteiger partial charge on any atom is 0.413 e. The molecule has 0 radical (unpaired) electrons. The Morgan fingerprint density at radius 1 is 1.26 bits per heavy atom. The number of anilines is 2. The number of aromatic nitrogens is 2. The first-order chi connectivity index (χ1) is 10.8. The van der Waals surface area contributed by atoms with Gasteiger partial charge in [-0.1, -0.05) is 6.07 Å². The molecule has 0 bridgehead atoms. The maximum absolute atomic E-state index is 11.7. The summed E-state index contributed by atoms with van der Waals surface area (Å²) in [6.07, 6.45) is 1.12. The van der Waals surface area contributed by atoms with E-state index in [4.69, 9.17) is 4.74 Å². The second-order valence-corrected chi connectivity index (χ2v) is 6.68. The van der Waals surface area contributed by atoms with Gasteiger partial charge in [-0.2, -0.15) is 0 Å². The minimum atomic E-state index is -0.539. The molecule has 2 rings (SSSR count). The molecule has 23 heavy (non-hydrogen) atoms. The Balaban J connectivity index is 1.88. The van der Waals surface area contributed by atoms with Crippen molar-refractivity contribution in [1.82, 2.24) is 9.97 Å². The molecule has 0 atom stereocenters. The number of pyridine rings is 2. The molecular formula is C16H19BrN4O2. The molecule has 0 saturated carbocycles. The summed E-state index contributed by atoms with van der Waals surface area (Å²) in [6.45, 7) is 6.01. The number of hydrogen-bond acceptors (Lipinski definition) is 5. The number of carbonyl (C=O) groups excluding carboxylic acids is 1. The number of amides is 1. The van der Waals surface area contributed by atoms with Gasteiger partial charge in [-0.15, -0.1) is 0 Å². The van der Waals surface area contributed by atoms with Gasteiger partial charge in [-0.05, 0) is 61.0 Å². The smallest absolute Gasteiger partial charge is 0.413 e. The van der Waals surface area contributed by atoms with E-state index >= 15 is 0 Å².